The largest absolute Gasteiger partial charge is 0.462 e. The van der Waals surface area contributed by atoms with Crippen molar-refractivity contribution in [3.05, 3.63) is 65.2 Å². The van der Waals surface area contributed by atoms with Gasteiger partial charge in [0, 0.05) is 12.2 Å². The van der Waals surface area contributed by atoms with E-state index >= 15 is 0 Å². The van der Waals surface area contributed by atoms with Crippen molar-refractivity contribution in [2.75, 3.05) is 18.5 Å². The average molecular weight is 385 g/mol. The van der Waals surface area contributed by atoms with Crippen molar-refractivity contribution in [2.45, 2.75) is 33.6 Å². The number of nitrogens with one attached hydrogen (secondary N) is 2. The van der Waals surface area contributed by atoms with Gasteiger partial charge in [0.25, 0.3) is 0 Å². The van der Waals surface area contributed by atoms with E-state index in [1.165, 1.54) is 5.56 Å². The first-order valence-electron chi connectivity index (χ1n) is 9.40. The number of thiocarbonyl (C=S) groups is 1. The topological polar surface area (TPSA) is 50.4 Å². The SMILES string of the molecule is CCOC(=O)c1ccc(NC(=S)NC[C@H](CC)Cc2ccccc2)c(C)c1. The van der Waals surface area contributed by atoms with Crippen LogP contribution in [-0.2, 0) is 11.2 Å². The van der Waals surface area contributed by atoms with Gasteiger partial charge in [-0.3, -0.25) is 0 Å². The first kappa shape index (κ1) is 20.9. The minimum absolute atomic E-state index is 0.306. The molecule has 0 heterocycles. The number of carbonyl (C=O) groups excluding carboxylic acids is 1. The lowest BCUT2D eigenvalue weighted by molar-refractivity contribution is 0.0526. The fourth-order valence-electron chi connectivity index (χ4n) is 2.86. The van der Waals surface area contributed by atoms with E-state index in [0.29, 0.717) is 23.2 Å². The van der Waals surface area contributed by atoms with E-state index in [1.54, 1.807) is 13.0 Å². The summed E-state index contributed by atoms with van der Waals surface area (Å²) in [5.74, 6) is 0.207. The van der Waals surface area contributed by atoms with Gasteiger partial charge in [0.05, 0.1) is 12.2 Å². The molecule has 2 aromatic carbocycles. The third-order valence-electron chi connectivity index (χ3n) is 4.48. The second kappa shape index (κ2) is 10.7. The lowest BCUT2D eigenvalue weighted by atomic mass is 9.97. The summed E-state index contributed by atoms with van der Waals surface area (Å²) in [6, 6.07) is 15.9. The number of benzene rings is 2. The van der Waals surface area contributed by atoms with Gasteiger partial charge in [0.15, 0.2) is 5.11 Å². The van der Waals surface area contributed by atoms with Crippen molar-refractivity contribution >= 4 is 29.0 Å². The molecule has 0 bridgehead atoms. The number of aryl methyl sites for hydroxylation is 1. The molecule has 0 aliphatic carbocycles. The highest BCUT2D eigenvalue weighted by Crippen LogP contribution is 2.17. The molecule has 1 atom stereocenters. The molecular formula is C22H28N2O2S. The molecule has 0 fully saturated rings. The van der Waals surface area contributed by atoms with Crippen LogP contribution in [-0.4, -0.2) is 24.2 Å². The molecule has 2 N–H and O–H groups in total. The molecular weight excluding hydrogens is 356 g/mol. The predicted molar refractivity (Wildman–Crippen MR) is 115 cm³/mol. The molecule has 27 heavy (non-hydrogen) atoms. The Kier molecular flexibility index (Phi) is 8.27. The van der Waals surface area contributed by atoms with Gasteiger partial charge >= 0.3 is 5.97 Å². The molecule has 0 aromatic heterocycles. The van der Waals surface area contributed by atoms with Gasteiger partial charge in [0.1, 0.15) is 0 Å². The highest BCUT2D eigenvalue weighted by Gasteiger charge is 2.11. The number of carbonyl (C=O) groups is 1. The number of rotatable bonds is 8. The molecule has 144 valence electrons. The molecule has 2 rings (SSSR count). The zero-order valence-electron chi connectivity index (χ0n) is 16.2. The highest BCUT2D eigenvalue weighted by atomic mass is 32.1. The maximum atomic E-state index is 11.8. The number of hydrogen-bond donors (Lipinski definition) is 2. The molecule has 4 nitrogen and oxygen atoms in total. The van der Waals surface area contributed by atoms with E-state index in [-0.39, 0.29) is 5.97 Å². The van der Waals surface area contributed by atoms with Gasteiger partial charge in [-0.05, 0) is 67.7 Å². The third kappa shape index (κ3) is 6.68. The number of ether oxygens (including phenoxy) is 1. The Bertz CT molecular complexity index is 762. The van der Waals surface area contributed by atoms with Crippen LogP contribution in [0.2, 0.25) is 0 Å². The van der Waals surface area contributed by atoms with Crippen molar-refractivity contribution in [1.29, 1.82) is 0 Å². The van der Waals surface area contributed by atoms with E-state index in [2.05, 4.69) is 41.8 Å². The summed E-state index contributed by atoms with van der Waals surface area (Å²) in [4.78, 5) is 11.8. The lowest BCUT2D eigenvalue weighted by Crippen LogP contribution is -2.33. The van der Waals surface area contributed by atoms with Crippen LogP contribution in [0.15, 0.2) is 48.5 Å². The summed E-state index contributed by atoms with van der Waals surface area (Å²) in [5.41, 5.74) is 3.72. The lowest BCUT2D eigenvalue weighted by Gasteiger charge is -2.18. The van der Waals surface area contributed by atoms with E-state index in [1.807, 2.05) is 25.1 Å². The van der Waals surface area contributed by atoms with Crippen LogP contribution in [0.3, 0.4) is 0 Å². The molecule has 0 unspecified atom stereocenters. The Morgan fingerprint density at radius 1 is 1.15 bits per heavy atom. The quantitative estimate of drug-likeness (QED) is 0.509. The summed E-state index contributed by atoms with van der Waals surface area (Å²) >= 11 is 5.44. The highest BCUT2D eigenvalue weighted by molar-refractivity contribution is 7.80. The molecule has 0 aliphatic heterocycles. The van der Waals surface area contributed by atoms with Crippen molar-refractivity contribution in [1.82, 2.24) is 5.32 Å². The Morgan fingerprint density at radius 2 is 1.89 bits per heavy atom. The molecule has 0 amide bonds. The standard InChI is InChI=1S/C22H28N2O2S/c1-4-17(14-18-9-7-6-8-10-18)15-23-22(27)24-20-12-11-19(13-16(20)3)21(25)26-5-2/h6-13,17H,4-5,14-15H2,1-3H3,(H2,23,24,27)/t17-/m1/s1. The second-order valence-corrected chi connectivity index (χ2v) is 6.96. The van der Waals surface area contributed by atoms with E-state index < -0.39 is 0 Å². The zero-order valence-corrected chi connectivity index (χ0v) is 17.1. The number of esters is 1. The molecule has 5 heteroatoms. The van der Waals surface area contributed by atoms with Crippen LogP contribution in [0, 0.1) is 12.8 Å². The van der Waals surface area contributed by atoms with E-state index in [0.717, 1.165) is 30.6 Å². The molecule has 0 saturated heterocycles. The van der Waals surface area contributed by atoms with Crippen molar-refractivity contribution < 1.29 is 9.53 Å². The van der Waals surface area contributed by atoms with E-state index in [9.17, 15) is 4.79 Å². The Balaban J connectivity index is 1.88. The molecule has 2 aromatic rings. The average Bonchev–Trinajstić information content (AvgIpc) is 2.67. The summed E-state index contributed by atoms with van der Waals surface area (Å²) in [6.45, 7) is 7.12. The van der Waals surface area contributed by atoms with Gasteiger partial charge in [-0.1, -0.05) is 43.7 Å². The van der Waals surface area contributed by atoms with Crippen LogP contribution in [0.5, 0.6) is 0 Å². The van der Waals surface area contributed by atoms with Crippen LogP contribution in [0.4, 0.5) is 5.69 Å². The summed E-state index contributed by atoms with van der Waals surface area (Å²) in [5, 5.41) is 7.13. The predicted octanol–water partition coefficient (Wildman–Crippen LogP) is 4.73. The smallest absolute Gasteiger partial charge is 0.338 e. The number of anilines is 1. The maximum Gasteiger partial charge on any atom is 0.338 e. The van der Waals surface area contributed by atoms with Gasteiger partial charge < -0.3 is 15.4 Å². The van der Waals surface area contributed by atoms with Crippen molar-refractivity contribution in [3.63, 3.8) is 0 Å². The van der Waals surface area contributed by atoms with Crippen molar-refractivity contribution in [2.24, 2.45) is 5.92 Å². The Morgan fingerprint density at radius 3 is 2.52 bits per heavy atom. The van der Waals surface area contributed by atoms with E-state index in [4.69, 9.17) is 17.0 Å². The van der Waals surface area contributed by atoms with Crippen LogP contribution in [0.25, 0.3) is 0 Å². The monoisotopic (exact) mass is 384 g/mol. The first-order chi connectivity index (χ1) is 13.0. The summed E-state index contributed by atoms with van der Waals surface area (Å²) in [6.07, 6.45) is 2.11. The Hall–Kier alpha value is -2.40. The summed E-state index contributed by atoms with van der Waals surface area (Å²) < 4.78 is 5.03. The fraction of sp³-hybridized carbons (Fsp3) is 0.364. The number of hydrogen-bond acceptors (Lipinski definition) is 3. The van der Waals surface area contributed by atoms with Crippen LogP contribution >= 0.6 is 12.2 Å². The van der Waals surface area contributed by atoms with Crippen molar-refractivity contribution in [3.8, 4) is 0 Å². The maximum absolute atomic E-state index is 11.8. The van der Waals surface area contributed by atoms with Gasteiger partial charge in [-0.15, -0.1) is 0 Å². The fourth-order valence-corrected chi connectivity index (χ4v) is 3.05. The minimum Gasteiger partial charge on any atom is -0.462 e. The molecule has 0 saturated carbocycles. The van der Waals surface area contributed by atoms with Crippen LogP contribution in [0.1, 0.15) is 41.8 Å². The first-order valence-corrected chi connectivity index (χ1v) is 9.80. The summed E-state index contributed by atoms with van der Waals surface area (Å²) in [7, 11) is 0. The molecule has 0 radical (unpaired) electrons. The second-order valence-electron chi connectivity index (χ2n) is 6.55. The zero-order chi connectivity index (χ0) is 19.6. The Labute approximate surface area is 167 Å². The van der Waals surface area contributed by atoms with Gasteiger partial charge in [-0.25, -0.2) is 4.79 Å². The molecule has 0 aliphatic rings. The van der Waals surface area contributed by atoms with Crippen LogP contribution < -0.4 is 10.6 Å². The van der Waals surface area contributed by atoms with Gasteiger partial charge in [-0.2, -0.15) is 0 Å². The van der Waals surface area contributed by atoms with Gasteiger partial charge in [0.2, 0.25) is 0 Å². The molecule has 0 spiro atoms. The normalized spacial score (nSPS) is 11.5. The minimum atomic E-state index is -0.306. The third-order valence-corrected chi connectivity index (χ3v) is 4.73.